The largest absolute Gasteiger partial charge is 0.357 e. The van der Waals surface area contributed by atoms with E-state index in [1.807, 2.05) is 6.20 Å². The Hall–Kier alpha value is -1.09. The van der Waals surface area contributed by atoms with Crippen molar-refractivity contribution in [3.8, 4) is 0 Å². The second-order valence-corrected chi connectivity index (χ2v) is 6.61. The van der Waals surface area contributed by atoms with E-state index in [2.05, 4.69) is 55.0 Å². The molecule has 1 saturated carbocycles. The van der Waals surface area contributed by atoms with Crippen LogP contribution in [0.4, 0.5) is 5.82 Å². The van der Waals surface area contributed by atoms with Crippen LogP contribution < -0.4 is 10.2 Å². The van der Waals surface area contributed by atoms with Crippen molar-refractivity contribution < 1.29 is 0 Å². The van der Waals surface area contributed by atoms with E-state index in [9.17, 15) is 0 Å². The van der Waals surface area contributed by atoms with E-state index in [0.717, 1.165) is 24.8 Å². The fourth-order valence-electron chi connectivity index (χ4n) is 2.11. The number of pyridine rings is 1. The minimum absolute atomic E-state index is 0.155. The lowest BCUT2D eigenvalue weighted by molar-refractivity contribution is 0.424. The van der Waals surface area contributed by atoms with Crippen molar-refractivity contribution in [2.24, 2.45) is 5.92 Å². The lowest BCUT2D eigenvalue weighted by Crippen LogP contribution is -2.35. The van der Waals surface area contributed by atoms with E-state index in [4.69, 9.17) is 0 Å². The van der Waals surface area contributed by atoms with Gasteiger partial charge in [-0.2, -0.15) is 0 Å². The van der Waals surface area contributed by atoms with Crippen LogP contribution in [0.2, 0.25) is 0 Å². The molecular weight excluding hydrogens is 234 g/mol. The van der Waals surface area contributed by atoms with Gasteiger partial charge in [-0.3, -0.25) is 0 Å². The van der Waals surface area contributed by atoms with E-state index >= 15 is 0 Å². The van der Waals surface area contributed by atoms with Crippen molar-refractivity contribution in [3.63, 3.8) is 0 Å². The van der Waals surface area contributed by atoms with Crippen molar-refractivity contribution in [3.05, 3.63) is 23.9 Å². The van der Waals surface area contributed by atoms with Crippen molar-refractivity contribution in [1.29, 1.82) is 0 Å². The molecule has 0 amide bonds. The molecule has 0 saturated heterocycles. The van der Waals surface area contributed by atoms with Gasteiger partial charge in [-0.25, -0.2) is 4.98 Å². The number of rotatable bonds is 6. The van der Waals surface area contributed by atoms with Gasteiger partial charge in [0.15, 0.2) is 0 Å². The number of nitrogens with one attached hydrogen (secondary N) is 1. The van der Waals surface area contributed by atoms with E-state index < -0.39 is 0 Å². The Morgan fingerprint density at radius 1 is 1.37 bits per heavy atom. The third-order valence-corrected chi connectivity index (χ3v) is 3.51. The normalized spacial score (nSPS) is 15.6. The number of nitrogens with zero attached hydrogens (tertiary/aromatic N) is 2. The maximum Gasteiger partial charge on any atom is 0.128 e. The maximum atomic E-state index is 4.53. The van der Waals surface area contributed by atoms with Gasteiger partial charge in [0.1, 0.15) is 5.82 Å². The molecule has 0 radical (unpaired) electrons. The zero-order valence-electron chi connectivity index (χ0n) is 12.7. The Kier molecular flexibility index (Phi) is 4.46. The van der Waals surface area contributed by atoms with Crippen LogP contribution in [0.1, 0.15) is 46.1 Å². The van der Waals surface area contributed by atoms with Crippen LogP contribution in [0.5, 0.6) is 0 Å². The first-order valence-electron chi connectivity index (χ1n) is 7.43. The summed E-state index contributed by atoms with van der Waals surface area (Å²) < 4.78 is 0. The third kappa shape index (κ3) is 4.83. The van der Waals surface area contributed by atoms with Crippen molar-refractivity contribution >= 4 is 5.82 Å². The monoisotopic (exact) mass is 261 g/mol. The van der Waals surface area contributed by atoms with Gasteiger partial charge in [0.2, 0.25) is 0 Å². The number of hydrogen-bond acceptors (Lipinski definition) is 3. The zero-order valence-corrected chi connectivity index (χ0v) is 12.7. The summed E-state index contributed by atoms with van der Waals surface area (Å²) in [6.45, 7) is 11.9. The SMILES string of the molecule is CCN(CC1CC1)c1cc(CNC(C)(C)C)ccn1. The van der Waals surface area contributed by atoms with Crippen LogP contribution >= 0.6 is 0 Å². The van der Waals surface area contributed by atoms with Gasteiger partial charge in [-0.05, 0) is 64.2 Å². The minimum atomic E-state index is 0.155. The number of hydrogen-bond donors (Lipinski definition) is 1. The molecule has 0 aromatic carbocycles. The second-order valence-electron chi connectivity index (χ2n) is 6.61. The summed E-state index contributed by atoms with van der Waals surface area (Å²) in [5.41, 5.74) is 1.47. The fraction of sp³-hybridized carbons (Fsp3) is 0.688. The molecule has 3 heteroatoms. The van der Waals surface area contributed by atoms with Gasteiger partial charge in [0.05, 0.1) is 0 Å². The molecule has 0 atom stereocenters. The summed E-state index contributed by atoms with van der Waals surface area (Å²) in [5, 5.41) is 3.53. The van der Waals surface area contributed by atoms with Crippen molar-refractivity contribution in [2.45, 2.75) is 52.6 Å². The van der Waals surface area contributed by atoms with E-state index in [-0.39, 0.29) is 5.54 Å². The molecular formula is C16H27N3. The predicted octanol–water partition coefficient (Wildman–Crippen LogP) is 3.21. The Morgan fingerprint density at radius 2 is 2.11 bits per heavy atom. The molecule has 1 aliphatic rings. The van der Waals surface area contributed by atoms with Crippen molar-refractivity contribution in [2.75, 3.05) is 18.0 Å². The first-order valence-corrected chi connectivity index (χ1v) is 7.43. The summed E-state index contributed by atoms with van der Waals surface area (Å²) in [7, 11) is 0. The maximum absolute atomic E-state index is 4.53. The highest BCUT2D eigenvalue weighted by atomic mass is 15.2. The molecule has 1 aliphatic carbocycles. The molecule has 19 heavy (non-hydrogen) atoms. The average Bonchev–Trinajstić information content (AvgIpc) is 3.17. The molecule has 1 heterocycles. The molecule has 0 bridgehead atoms. The molecule has 1 fully saturated rings. The standard InChI is InChI=1S/C16H27N3/c1-5-19(12-13-6-7-13)15-10-14(8-9-17-15)11-18-16(2,3)4/h8-10,13,18H,5-7,11-12H2,1-4H3. The summed E-state index contributed by atoms with van der Waals surface area (Å²) >= 11 is 0. The Bertz CT molecular complexity index is 405. The van der Waals surface area contributed by atoms with Crippen LogP contribution in [0.15, 0.2) is 18.3 Å². The molecule has 0 unspecified atom stereocenters. The fourth-order valence-corrected chi connectivity index (χ4v) is 2.11. The summed E-state index contributed by atoms with van der Waals surface area (Å²) in [4.78, 5) is 6.94. The zero-order chi connectivity index (χ0) is 13.9. The molecule has 0 aliphatic heterocycles. The molecule has 2 rings (SSSR count). The van der Waals surface area contributed by atoms with Gasteiger partial charge in [0.25, 0.3) is 0 Å². The lowest BCUT2D eigenvalue weighted by Gasteiger charge is -2.23. The molecule has 1 aromatic rings. The second kappa shape index (κ2) is 5.91. The van der Waals surface area contributed by atoms with E-state index in [1.165, 1.54) is 24.9 Å². The Balaban J connectivity index is 2.00. The third-order valence-electron chi connectivity index (χ3n) is 3.51. The van der Waals surface area contributed by atoms with E-state index in [0.29, 0.717) is 0 Å². The highest BCUT2D eigenvalue weighted by molar-refractivity contribution is 5.41. The van der Waals surface area contributed by atoms with Gasteiger partial charge in [-0.1, -0.05) is 0 Å². The average molecular weight is 261 g/mol. The van der Waals surface area contributed by atoms with Gasteiger partial charge in [0, 0.05) is 31.4 Å². The number of anilines is 1. The predicted molar refractivity (Wildman–Crippen MR) is 81.4 cm³/mol. The van der Waals surface area contributed by atoms with Crippen LogP contribution in [0.25, 0.3) is 0 Å². The van der Waals surface area contributed by atoms with Crippen LogP contribution in [-0.4, -0.2) is 23.6 Å². The quantitative estimate of drug-likeness (QED) is 0.852. The molecule has 0 spiro atoms. The van der Waals surface area contributed by atoms with Crippen molar-refractivity contribution in [1.82, 2.24) is 10.3 Å². The Labute approximate surface area is 117 Å². The summed E-state index contributed by atoms with van der Waals surface area (Å²) in [6, 6.07) is 4.33. The first-order chi connectivity index (χ1) is 8.98. The number of aromatic nitrogens is 1. The molecule has 1 aromatic heterocycles. The van der Waals surface area contributed by atoms with Crippen LogP contribution in [0, 0.1) is 5.92 Å². The van der Waals surface area contributed by atoms with E-state index in [1.54, 1.807) is 0 Å². The first kappa shape index (κ1) is 14.3. The van der Waals surface area contributed by atoms with Gasteiger partial charge < -0.3 is 10.2 Å². The lowest BCUT2D eigenvalue weighted by atomic mass is 10.1. The Morgan fingerprint density at radius 3 is 2.68 bits per heavy atom. The minimum Gasteiger partial charge on any atom is -0.357 e. The van der Waals surface area contributed by atoms with Crippen LogP contribution in [-0.2, 0) is 6.54 Å². The summed E-state index contributed by atoms with van der Waals surface area (Å²) in [5.74, 6) is 2.03. The van der Waals surface area contributed by atoms with Gasteiger partial charge in [-0.15, -0.1) is 0 Å². The highest BCUT2D eigenvalue weighted by Crippen LogP contribution is 2.31. The van der Waals surface area contributed by atoms with Crippen LogP contribution in [0.3, 0.4) is 0 Å². The van der Waals surface area contributed by atoms with Gasteiger partial charge >= 0.3 is 0 Å². The smallest absolute Gasteiger partial charge is 0.128 e. The molecule has 3 nitrogen and oxygen atoms in total. The topological polar surface area (TPSA) is 28.2 Å². The summed E-state index contributed by atoms with van der Waals surface area (Å²) in [6.07, 6.45) is 4.72. The highest BCUT2D eigenvalue weighted by Gasteiger charge is 2.24. The molecule has 106 valence electrons. The molecule has 1 N–H and O–H groups in total.